The van der Waals surface area contributed by atoms with E-state index in [1.807, 2.05) is 24.3 Å². The number of hydrogen-bond acceptors (Lipinski definition) is 4. The van der Waals surface area contributed by atoms with Crippen LogP contribution in [0.3, 0.4) is 0 Å². The van der Waals surface area contributed by atoms with Crippen LogP contribution in [0.25, 0.3) is 0 Å². The highest BCUT2D eigenvalue weighted by atomic mass is 16.6. The number of hydrogen-bond donors (Lipinski definition) is 3. The molecule has 2 amide bonds. The summed E-state index contributed by atoms with van der Waals surface area (Å²) in [7, 11) is 0. The van der Waals surface area contributed by atoms with Crippen molar-refractivity contribution >= 4 is 17.7 Å². The molecule has 2 aromatic rings. The molecule has 0 saturated heterocycles. The summed E-state index contributed by atoms with van der Waals surface area (Å²) < 4.78 is 5.14. The number of nitrogens with one attached hydrogen (secondary N) is 2. The number of carbonyl (C=O) groups is 2. The molecule has 0 bridgehead atoms. The van der Waals surface area contributed by atoms with Crippen molar-refractivity contribution < 1.29 is 19.5 Å². The molecule has 0 saturated carbocycles. The average Bonchev–Trinajstić information content (AvgIpc) is 2.61. The third-order valence-corrected chi connectivity index (χ3v) is 3.45. The van der Waals surface area contributed by atoms with Crippen LogP contribution in [0.1, 0.15) is 35.7 Å². The Hall–Kier alpha value is -2.86. The molecule has 0 unspecified atom stereocenters. The largest absolute Gasteiger partial charge is 0.417 e. The second-order valence-electron chi connectivity index (χ2n) is 5.28. The van der Waals surface area contributed by atoms with E-state index in [0.717, 1.165) is 19.3 Å². The highest BCUT2D eigenvalue weighted by Crippen LogP contribution is 2.15. The molecule has 6 nitrogen and oxygen atoms in total. The minimum atomic E-state index is -0.630. The van der Waals surface area contributed by atoms with E-state index in [2.05, 4.69) is 12.2 Å². The molecule has 0 spiro atoms. The molecule has 0 aliphatic carbocycles. The average molecular weight is 328 g/mol. The van der Waals surface area contributed by atoms with Crippen LogP contribution in [-0.2, 0) is 6.42 Å². The van der Waals surface area contributed by atoms with Gasteiger partial charge in [-0.3, -0.25) is 15.3 Å². The van der Waals surface area contributed by atoms with Gasteiger partial charge in [-0.25, -0.2) is 10.3 Å². The Morgan fingerprint density at radius 2 is 1.71 bits per heavy atom. The smallest absolute Gasteiger partial charge is 0.410 e. The van der Waals surface area contributed by atoms with Crippen LogP contribution >= 0.6 is 0 Å². The highest BCUT2D eigenvalue weighted by Gasteiger charge is 2.07. The zero-order valence-electron chi connectivity index (χ0n) is 13.4. The molecule has 2 rings (SSSR count). The van der Waals surface area contributed by atoms with Gasteiger partial charge in [-0.1, -0.05) is 25.5 Å². The summed E-state index contributed by atoms with van der Waals surface area (Å²) in [5.74, 6) is -0.337. The Labute approximate surface area is 140 Å². The van der Waals surface area contributed by atoms with Gasteiger partial charge in [0.05, 0.1) is 0 Å². The number of amides is 2. The van der Waals surface area contributed by atoms with E-state index < -0.39 is 12.0 Å². The molecule has 0 radical (unpaired) electrons. The van der Waals surface area contributed by atoms with Gasteiger partial charge in [-0.15, -0.1) is 0 Å². The van der Waals surface area contributed by atoms with Crippen LogP contribution in [0, 0.1) is 0 Å². The summed E-state index contributed by atoms with van der Waals surface area (Å²) >= 11 is 0. The fourth-order valence-electron chi connectivity index (χ4n) is 2.12. The quantitative estimate of drug-likeness (QED) is 0.556. The molecule has 3 N–H and O–H groups in total. The summed E-state index contributed by atoms with van der Waals surface area (Å²) in [4.78, 5) is 23.1. The van der Waals surface area contributed by atoms with Gasteiger partial charge in [0.15, 0.2) is 0 Å². The number of aryl methyl sites for hydroxylation is 1. The SMILES string of the molecule is CCCCc1ccc(NC(=O)Oc2ccc(C(=O)NO)cc2)cc1. The van der Waals surface area contributed by atoms with Crippen molar-refractivity contribution in [2.24, 2.45) is 0 Å². The van der Waals surface area contributed by atoms with E-state index >= 15 is 0 Å². The predicted octanol–water partition coefficient (Wildman–Crippen LogP) is 3.76. The lowest BCUT2D eigenvalue weighted by atomic mass is 10.1. The number of benzene rings is 2. The molecule has 24 heavy (non-hydrogen) atoms. The molecule has 0 atom stereocenters. The maximum absolute atomic E-state index is 11.9. The fraction of sp³-hybridized carbons (Fsp3) is 0.222. The van der Waals surface area contributed by atoms with Crippen LogP contribution in [-0.4, -0.2) is 17.2 Å². The molecule has 0 aliphatic heterocycles. The van der Waals surface area contributed by atoms with Crippen LogP contribution < -0.4 is 15.5 Å². The topological polar surface area (TPSA) is 87.7 Å². The number of ether oxygens (including phenoxy) is 1. The maximum atomic E-state index is 11.9. The first-order valence-electron chi connectivity index (χ1n) is 7.74. The van der Waals surface area contributed by atoms with E-state index in [1.165, 1.54) is 35.3 Å². The third-order valence-electron chi connectivity index (χ3n) is 3.45. The lowest BCUT2D eigenvalue weighted by molar-refractivity contribution is 0.0706. The van der Waals surface area contributed by atoms with Crippen LogP contribution in [0.2, 0.25) is 0 Å². The van der Waals surface area contributed by atoms with Crippen molar-refractivity contribution in [1.82, 2.24) is 5.48 Å². The number of rotatable bonds is 6. The Kier molecular flexibility index (Phi) is 6.33. The van der Waals surface area contributed by atoms with E-state index in [-0.39, 0.29) is 5.56 Å². The van der Waals surface area contributed by atoms with Crippen LogP contribution in [0.4, 0.5) is 10.5 Å². The molecule has 0 fully saturated rings. The zero-order valence-corrected chi connectivity index (χ0v) is 13.4. The predicted molar refractivity (Wildman–Crippen MR) is 90.4 cm³/mol. The van der Waals surface area contributed by atoms with Gasteiger partial charge in [-0.05, 0) is 54.8 Å². The molecule has 6 heteroatoms. The molecule has 0 heterocycles. The molecular formula is C18H20N2O4. The lowest BCUT2D eigenvalue weighted by Gasteiger charge is -2.08. The second-order valence-corrected chi connectivity index (χ2v) is 5.28. The molecular weight excluding hydrogens is 308 g/mol. The van der Waals surface area contributed by atoms with Crippen LogP contribution in [0.15, 0.2) is 48.5 Å². The summed E-state index contributed by atoms with van der Waals surface area (Å²) in [6.45, 7) is 2.15. The second kappa shape index (κ2) is 8.69. The molecule has 0 aromatic heterocycles. The normalized spacial score (nSPS) is 10.1. The zero-order chi connectivity index (χ0) is 17.4. The summed E-state index contributed by atoms with van der Waals surface area (Å²) in [6.07, 6.45) is 2.69. The van der Waals surface area contributed by atoms with Crippen LogP contribution in [0.5, 0.6) is 5.75 Å². The Balaban J connectivity index is 1.89. The van der Waals surface area contributed by atoms with E-state index in [0.29, 0.717) is 11.4 Å². The lowest BCUT2D eigenvalue weighted by Crippen LogP contribution is -2.19. The van der Waals surface area contributed by atoms with Crippen molar-refractivity contribution in [1.29, 1.82) is 0 Å². The monoisotopic (exact) mass is 328 g/mol. The number of unbranched alkanes of at least 4 members (excludes halogenated alkanes) is 1. The van der Waals surface area contributed by atoms with Gasteiger partial charge in [0.2, 0.25) is 0 Å². The van der Waals surface area contributed by atoms with E-state index in [9.17, 15) is 9.59 Å². The first-order chi connectivity index (χ1) is 11.6. The number of hydroxylamine groups is 1. The van der Waals surface area contributed by atoms with Crippen molar-refractivity contribution in [2.75, 3.05) is 5.32 Å². The first kappa shape index (κ1) is 17.5. The Morgan fingerprint density at radius 3 is 2.29 bits per heavy atom. The molecule has 0 aliphatic rings. The summed E-state index contributed by atoms with van der Waals surface area (Å²) in [5.41, 5.74) is 3.67. The van der Waals surface area contributed by atoms with Gasteiger partial charge < -0.3 is 4.74 Å². The number of carbonyl (C=O) groups excluding carboxylic acids is 2. The van der Waals surface area contributed by atoms with Crippen molar-refractivity contribution in [3.8, 4) is 5.75 Å². The van der Waals surface area contributed by atoms with E-state index in [4.69, 9.17) is 9.94 Å². The van der Waals surface area contributed by atoms with Crippen molar-refractivity contribution in [3.05, 3.63) is 59.7 Å². The third kappa shape index (κ3) is 5.10. The highest BCUT2D eigenvalue weighted by molar-refractivity contribution is 5.93. The minimum Gasteiger partial charge on any atom is -0.410 e. The van der Waals surface area contributed by atoms with Crippen molar-refractivity contribution in [3.63, 3.8) is 0 Å². The first-order valence-corrected chi connectivity index (χ1v) is 7.74. The maximum Gasteiger partial charge on any atom is 0.417 e. The Morgan fingerprint density at radius 1 is 1.04 bits per heavy atom. The summed E-state index contributed by atoms with van der Waals surface area (Å²) in [5, 5.41) is 11.2. The minimum absolute atomic E-state index is 0.257. The molecule has 2 aromatic carbocycles. The number of anilines is 1. The van der Waals surface area contributed by atoms with Gasteiger partial charge >= 0.3 is 6.09 Å². The van der Waals surface area contributed by atoms with Gasteiger partial charge in [0.25, 0.3) is 5.91 Å². The van der Waals surface area contributed by atoms with Gasteiger partial charge in [0, 0.05) is 11.3 Å². The molecule has 126 valence electrons. The standard InChI is InChI=1S/C18H20N2O4/c1-2-3-4-13-5-9-15(10-6-13)19-18(22)24-16-11-7-14(8-12-16)17(21)20-23/h5-12,23H,2-4H2,1H3,(H,19,22)(H,20,21). The fourth-order valence-corrected chi connectivity index (χ4v) is 2.12. The van der Waals surface area contributed by atoms with E-state index in [1.54, 1.807) is 0 Å². The van der Waals surface area contributed by atoms with Gasteiger partial charge in [-0.2, -0.15) is 0 Å². The Bertz CT molecular complexity index is 681. The summed E-state index contributed by atoms with van der Waals surface area (Å²) in [6, 6.07) is 13.5. The van der Waals surface area contributed by atoms with Gasteiger partial charge in [0.1, 0.15) is 5.75 Å². The van der Waals surface area contributed by atoms with Crippen molar-refractivity contribution in [2.45, 2.75) is 26.2 Å².